The van der Waals surface area contributed by atoms with E-state index in [0.717, 1.165) is 75.5 Å². The molecule has 1 unspecified atom stereocenters. The lowest BCUT2D eigenvalue weighted by Crippen LogP contribution is -2.30. The van der Waals surface area contributed by atoms with Gasteiger partial charge in [-0.15, -0.1) is 0 Å². The van der Waals surface area contributed by atoms with Crippen molar-refractivity contribution >= 4 is 17.9 Å². The van der Waals surface area contributed by atoms with E-state index in [4.69, 9.17) is 14.2 Å². The number of rotatable bonds is 50. The minimum absolute atomic E-state index is 0.0639. The standard InChI is InChI=1S/C57H110O6/c1-7-53(6)45-39-33-27-21-17-18-23-29-35-41-47-56(59)62-50-54(63-57(60)48-42-36-30-24-16-12-11-14-20-26-32-38-44-52(4)5)49-61-55(58)46-40-34-28-22-15-10-8-9-13-19-25-31-37-43-51(2)3/h51-54H,7-50H2,1-6H3/t53?,54-/m0/s1. The van der Waals surface area contributed by atoms with Crippen molar-refractivity contribution in [1.82, 2.24) is 0 Å². The third-order valence-corrected chi connectivity index (χ3v) is 13.3. The zero-order valence-corrected chi connectivity index (χ0v) is 43.4. The van der Waals surface area contributed by atoms with Crippen LogP contribution in [-0.2, 0) is 28.6 Å². The van der Waals surface area contributed by atoms with Crippen LogP contribution in [0.15, 0.2) is 0 Å². The van der Waals surface area contributed by atoms with Gasteiger partial charge in [-0.05, 0) is 37.0 Å². The number of carbonyl (C=O) groups excluding carboxylic acids is 3. The summed E-state index contributed by atoms with van der Waals surface area (Å²) < 4.78 is 16.9. The van der Waals surface area contributed by atoms with Gasteiger partial charge < -0.3 is 14.2 Å². The Kier molecular flexibility index (Phi) is 47.1. The Morgan fingerprint density at radius 2 is 0.556 bits per heavy atom. The van der Waals surface area contributed by atoms with Crippen molar-refractivity contribution in [3.8, 4) is 0 Å². The van der Waals surface area contributed by atoms with Gasteiger partial charge in [0.05, 0.1) is 0 Å². The second kappa shape index (κ2) is 48.3. The van der Waals surface area contributed by atoms with Crippen LogP contribution in [0, 0.1) is 17.8 Å². The van der Waals surface area contributed by atoms with Gasteiger partial charge in [-0.25, -0.2) is 0 Å². The van der Waals surface area contributed by atoms with Crippen molar-refractivity contribution in [2.75, 3.05) is 13.2 Å². The first-order valence-electron chi connectivity index (χ1n) is 28.1. The van der Waals surface area contributed by atoms with Crippen LogP contribution in [0.4, 0.5) is 0 Å². The normalized spacial score (nSPS) is 12.6. The van der Waals surface area contributed by atoms with Crippen molar-refractivity contribution in [2.45, 2.75) is 317 Å². The minimum atomic E-state index is -0.763. The molecule has 0 aliphatic carbocycles. The molecule has 0 aromatic carbocycles. The molecule has 63 heavy (non-hydrogen) atoms. The third kappa shape index (κ3) is 49.7. The Morgan fingerprint density at radius 1 is 0.317 bits per heavy atom. The monoisotopic (exact) mass is 891 g/mol. The first-order chi connectivity index (χ1) is 30.6. The molecule has 0 aliphatic rings. The molecule has 0 saturated carbocycles. The van der Waals surface area contributed by atoms with Crippen LogP contribution in [-0.4, -0.2) is 37.2 Å². The van der Waals surface area contributed by atoms with E-state index < -0.39 is 6.10 Å². The van der Waals surface area contributed by atoms with E-state index in [-0.39, 0.29) is 31.1 Å². The fourth-order valence-corrected chi connectivity index (χ4v) is 8.61. The Morgan fingerprint density at radius 3 is 0.825 bits per heavy atom. The number of esters is 3. The first kappa shape index (κ1) is 61.4. The van der Waals surface area contributed by atoms with E-state index >= 15 is 0 Å². The number of hydrogen-bond donors (Lipinski definition) is 0. The quantitative estimate of drug-likeness (QED) is 0.0344. The Bertz CT molecular complexity index is 978. The van der Waals surface area contributed by atoms with Crippen molar-refractivity contribution < 1.29 is 28.6 Å². The highest BCUT2D eigenvalue weighted by atomic mass is 16.6. The molecule has 0 amide bonds. The topological polar surface area (TPSA) is 78.9 Å². The van der Waals surface area contributed by atoms with E-state index in [1.54, 1.807) is 0 Å². The van der Waals surface area contributed by atoms with Crippen molar-refractivity contribution in [3.63, 3.8) is 0 Å². The molecule has 0 bridgehead atoms. The maximum atomic E-state index is 12.8. The Hall–Kier alpha value is -1.59. The van der Waals surface area contributed by atoms with Gasteiger partial charge >= 0.3 is 17.9 Å². The predicted octanol–water partition coefficient (Wildman–Crippen LogP) is 18.3. The zero-order chi connectivity index (χ0) is 46.3. The molecule has 374 valence electrons. The number of ether oxygens (including phenoxy) is 3. The van der Waals surface area contributed by atoms with Gasteiger partial charge in [0.15, 0.2) is 6.10 Å². The molecule has 0 rings (SSSR count). The lowest BCUT2D eigenvalue weighted by Gasteiger charge is -2.18. The van der Waals surface area contributed by atoms with Crippen LogP contribution in [0.25, 0.3) is 0 Å². The van der Waals surface area contributed by atoms with Crippen molar-refractivity contribution in [1.29, 1.82) is 0 Å². The van der Waals surface area contributed by atoms with E-state index in [1.165, 1.54) is 193 Å². The van der Waals surface area contributed by atoms with E-state index in [9.17, 15) is 14.4 Å². The number of hydrogen-bond acceptors (Lipinski definition) is 6. The Balaban J connectivity index is 4.32. The SMILES string of the molecule is CCC(C)CCCCCCCCCCCCC(=O)OC[C@H](COC(=O)CCCCCCCCCCCCCCCC(C)C)OC(=O)CCCCCCCCCCCCCCC(C)C. The number of unbranched alkanes of at least 4 members (excludes halogenated alkanes) is 32. The van der Waals surface area contributed by atoms with Crippen molar-refractivity contribution in [3.05, 3.63) is 0 Å². The highest BCUT2D eigenvalue weighted by Gasteiger charge is 2.19. The van der Waals surface area contributed by atoms with Gasteiger partial charge in [-0.3, -0.25) is 14.4 Å². The van der Waals surface area contributed by atoms with Gasteiger partial charge in [-0.2, -0.15) is 0 Å². The molecule has 0 aromatic rings. The fraction of sp³-hybridized carbons (Fsp3) is 0.947. The lowest BCUT2D eigenvalue weighted by molar-refractivity contribution is -0.167. The molecule has 2 atom stereocenters. The lowest BCUT2D eigenvalue weighted by atomic mass is 9.99. The molecular weight excluding hydrogens is 781 g/mol. The summed E-state index contributed by atoms with van der Waals surface area (Å²) in [7, 11) is 0. The Labute approximate surface area is 393 Å². The predicted molar refractivity (Wildman–Crippen MR) is 270 cm³/mol. The first-order valence-corrected chi connectivity index (χ1v) is 28.1. The van der Waals surface area contributed by atoms with Gasteiger partial charge in [-0.1, -0.05) is 273 Å². The molecule has 0 aromatic heterocycles. The molecule has 0 fully saturated rings. The van der Waals surface area contributed by atoms with Crippen LogP contribution < -0.4 is 0 Å². The second-order valence-electron chi connectivity index (χ2n) is 20.8. The fourth-order valence-electron chi connectivity index (χ4n) is 8.61. The van der Waals surface area contributed by atoms with Gasteiger partial charge in [0.1, 0.15) is 13.2 Å². The van der Waals surface area contributed by atoms with Gasteiger partial charge in [0, 0.05) is 19.3 Å². The number of carbonyl (C=O) groups is 3. The molecule has 0 heterocycles. The third-order valence-electron chi connectivity index (χ3n) is 13.3. The largest absolute Gasteiger partial charge is 0.462 e. The summed E-state index contributed by atoms with van der Waals surface area (Å²) >= 11 is 0. The van der Waals surface area contributed by atoms with Crippen LogP contribution in [0.2, 0.25) is 0 Å². The van der Waals surface area contributed by atoms with Crippen LogP contribution >= 0.6 is 0 Å². The van der Waals surface area contributed by atoms with Crippen LogP contribution in [0.3, 0.4) is 0 Å². The molecular formula is C57H110O6. The minimum Gasteiger partial charge on any atom is -0.462 e. The zero-order valence-electron chi connectivity index (χ0n) is 43.4. The molecule has 0 N–H and O–H groups in total. The molecule has 0 aliphatic heterocycles. The maximum Gasteiger partial charge on any atom is 0.306 e. The van der Waals surface area contributed by atoms with Gasteiger partial charge in [0.25, 0.3) is 0 Å². The molecule has 0 spiro atoms. The van der Waals surface area contributed by atoms with Gasteiger partial charge in [0.2, 0.25) is 0 Å². The molecule has 6 heteroatoms. The van der Waals surface area contributed by atoms with E-state index in [0.29, 0.717) is 19.3 Å². The summed E-state index contributed by atoms with van der Waals surface area (Å²) in [4.78, 5) is 38.1. The summed E-state index contributed by atoms with van der Waals surface area (Å²) in [6, 6.07) is 0. The highest BCUT2D eigenvalue weighted by Crippen LogP contribution is 2.18. The maximum absolute atomic E-state index is 12.8. The molecule has 0 radical (unpaired) electrons. The smallest absolute Gasteiger partial charge is 0.306 e. The van der Waals surface area contributed by atoms with E-state index in [2.05, 4.69) is 41.5 Å². The highest BCUT2D eigenvalue weighted by molar-refractivity contribution is 5.71. The summed E-state index contributed by atoms with van der Waals surface area (Å²) in [5, 5.41) is 0. The summed E-state index contributed by atoms with van der Waals surface area (Å²) in [6.07, 6.45) is 49.4. The van der Waals surface area contributed by atoms with Crippen molar-refractivity contribution in [2.24, 2.45) is 17.8 Å². The van der Waals surface area contributed by atoms with Crippen LogP contribution in [0.5, 0.6) is 0 Å². The summed E-state index contributed by atoms with van der Waals surface area (Å²) in [5.74, 6) is 1.70. The molecule has 6 nitrogen and oxygen atoms in total. The van der Waals surface area contributed by atoms with Crippen LogP contribution in [0.1, 0.15) is 311 Å². The summed E-state index contributed by atoms with van der Waals surface area (Å²) in [5.41, 5.74) is 0. The average molecular weight is 892 g/mol. The molecule has 0 saturated heterocycles. The van der Waals surface area contributed by atoms with E-state index in [1.807, 2.05) is 0 Å². The average Bonchev–Trinajstić information content (AvgIpc) is 3.25. The summed E-state index contributed by atoms with van der Waals surface area (Å²) in [6.45, 7) is 13.8. The second-order valence-corrected chi connectivity index (χ2v) is 20.8.